The number of halogens is 1. The van der Waals surface area contributed by atoms with Crippen molar-refractivity contribution in [1.29, 1.82) is 0 Å². The lowest BCUT2D eigenvalue weighted by Crippen LogP contribution is -2.46. The van der Waals surface area contributed by atoms with Gasteiger partial charge in [0.05, 0.1) is 29.3 Å². The van der Waals surface area contributed by atoms with E-state index < -0.39 is 34.3 Å². The first-order chi connectivity index (χ1) is 18.4. The number of nitro groups is 1. The number of ether oxygens (including phenoxy) is 2. The zero-order valence-corrected chi connectivity index (χ0v) is 22.3. The minimum absolute atomic E-state index is 0.00516. The molecule has 0 amide bonds. The number of aryl methyl sites for hydroxylation is 1. The van der Waals surface area contributed by atoms with Crippen LogP contribution in [-0.2, 0) is 11.2 Å². The molecule has 10 heteroatoms. The summed E-state index contributed by atoms with van der Waals surface area (Å²) >= 11 is 0. The van der Waals surface area contributed by atoms with Gasteiger partial charge in [-0.1, -0.05) is 30.3 Å². The lowest BCUT2D eigenvalue weighted by molar-refractivity contribution is -0.385. The van der Waals surface area contributed by atoms with Gasteiger partial charge in [0.25, 0.3) is 0 Å². The normalized spacial score (nSPS) is 13.1. The van der Waals surface area contributed by atoms with E-state index in [2.05, 4.69) is 5.32 Å². The molecule has 3 rings (SSSR count). The van der Waals surface area contributed by atoms with Gasteiger partial charge in [0.15, 0.2) is 0 Å². The summed E-state index contributed by atoms with van der Waals surface area (Å²) in [5.74, 6) is -1.34. The van der Waals surface area contributed by atoms with Crippen LogP contribution in [0.5, 0.6) is 11.5 Å². The molecule has 0 unspecified atom stereocenters. The van der Waals surface area contributed by atoms with Crippen LogP contribution in [0.3, 0.4) is 0 Å². The molecule has 3 aromatic rings. The third-order valence-electron chi connectivity index (χ3n) is 6.22. The molecule has 0 aromatic heterocycles. The first-order valence-corrected chi connectivity index (χ1v) is 12.4. The Morgan fingerprint density at radius 1 is 1.13 bits per heavy atom. The number of aromatic carboxylic acids is 1. The predicted molar refractivity (Wildman–Crippen MR) is 144 cm³/mol. The summed E-state index contributed by atoms with van der Waals surface area (Å²) in [6, 6.07) is 15.4. The van der Waals surface area contributed by atoms with E-state index in [1.165, 1.54) is 18.2 Å². The molecule has 0 heterocycles. The first kappa shape index (κ1) is 29.7. The Kier molecular flexibility index (Phi) is 9.74. The molecule has 0 saturated heterocycles. The molecule has 0 bridgehead atoms. The van der Waals surface area contributed by atoms with Gasteiger partial charge in [0.2, 0.25) is 5.75 Å². The van der Waals surface area contributed by atoms with E-state index >= 15 is 0 Å². The van der Waals surface area contributed by atoms with Crippen LogP contribution in [0, 0.1) is 22.9 Å². The Hall–Kier alpha value is -3.86. The number of benzene rings is 3. The molecule has 0 aliphatic rings. The lowest BCUT2D eigenvalue weighted by atomic mass is 9.94. The molecule has 0 spiro atoms. The van der Waals surface area contributed by atoms with Gasteiger partial charge in [-0.2, -0.15) is 0 Å². The van der Waals surface area contributed by atoms with Crippen molar-refractivity contribution in [2.24, 2.45) is 0 Å². The number of hydrogen-bond acceptors (Lipinski definition) is 7. The highest BCUT2D eigenvalue weighted by atomic mass is 19.1. The summed E-state index contributed by atoms with van der Waals surface area (Å²) in [5, 5.41) is 34.5. The van der Waals surface area contributed by atoms with Crippen LogP contribution in [0.15, 0.2) is 60.7 Å². The highest BCUT2D eigenvalue weighted by Crippen LogP contribution is 2.36. The minimum Gasteiger partial charge on any atom is -0.478 e. The molecule has 39 heavy (non-hydrogen) atoms. The van der Waals surface area contributed by atoms with Crippen molar-refractivity contribution in [3.05, 3.63) is 98.8 Å². The van der Waals surface area contributed by atoms with Crippen LogP contribution >= 0.6 is 0 Å². The third-order valence-corrected chi connectivity index (χ3v) is 6.22. The van der Waals surface area contributed by atoms with E-state index in [0.717, 1.165) is 11.6 Å². The van der Waals surface area contributed by atoms with E-state index in [0.29, 0.717) is 23.3 Å². The summed E-state index contributed by atoms with van der Waals surface area (Å²) in [4.78, 5) is 22.0. The Balaban J connectivity index is 1.60. The molecule has 0 fully saturated rings. The number of carboxylic acid groups (broad SMARTS) is 1. The van der Waals surface area contributed by atoms with Crippen molar-refractivity contribution in [3.8, 4) is 11.5 Å². The number of aliphatic hydroxyl groups excluding tert-OH is 1. The maximum Gasteiger partial charge on any atom is 0.335 e. The number of nitrogens with one attached hydrogen (secondary N) is 1. The summed E-state index contributed by atoms with van der Waals surface area (Å²) in [6.07, 6.45) is -0.797. The summed E-state index contributed by atoms with van der Waals surface area (Å²) in [7, 11) is 0. The molecule has 0 saturated carbocycles. The molecule has 208 valence electrons. The van der Waals surface area contributed by atoms with Crippen molar-refractivity contribution in [2.45, 2.75) is 51.9 Å². The average molecular weight is 541 g/mol. The molecule has 3 N–H and O–H groups in total. The minimum atomic E-state index is -1.28. The van der Waals surface area contributed by atoms with Gasteiger partial charge in [0, 0.05) is 23.7 Å². The van der Waals surface area contributed by atoms with Gasteiger partial charge in [-0.05, 0) is 69.5 Å². The van der Waals surface area contributed by atoms with Crippen molar-refractivity contribution in [3.63, 3.8) is 0 Å². The quantitative estimate of drug-likeness (QED) is 0.189. The number of β-amino-alcohol motifs (C(OH)–C–C–N with tert-alkyl or cyclic N) is 1. The molecule has 2 atom stereocenters. The monoisotopic (exact) mass is 540 g/mol. The Labute approximate surface area is 226 Å². The van der Waals surface area contributed by atoms with Gasteiger partial charge in [-0.15, -0.1) is 0 Å². The summed E-state index contributed by atoms with van der Waals surface area (Å²) in [5.41, 5.74) is 0.930. The fourth-order valence-corrected chi connectivity index (χ4v) is 4.02. The smallest absolute Gasteiger partial charge is 0.335 e. The first-order valence-electron chi connectivity index (χ1n) is 12.4. The molecule has 0 aliphatic carbocycles. The van der Waals surface area contributed by atoms with E-state index in [-0.39, 0.29) is 30.3 Å². The van der Waals surface area contributed by atoms with E-state index in [1.807, 2.05) is 19.9 Å². The maximum absolute atomic E-state index is 13.9. The second-order valence-electron chi connectivity index (χ2n) is 10.0. The topological polar surface area (TPSA) is 131 Å². The van der Waals surface area contributed by atoms with E-state index in [1.54, 1.807) is 44.2 Å². The number of nitrogens with zero attached hydrogens (tertiary/aromatic N) is 1. The zero-order chi connectivity index (χ0) is 28.7. The number of aliphatic hydroxyl groups is 1. The Bertz CT molecular complexity index is 1330. The average Bonchev–Trinajstić information content (AvgIpc) is 2.88. The van der Waals surface area contributed by atoms with E-state index in [4.69, 9.17) is 14.6 Å². The molecule has 9 nitrogen and oxygen atoms in total. The predicted octanol–water partition coefficient (Wildman–Crippen LogP) is 5.58. The molecular formula is C29H33FN2O7. The van der Waals surface area contributed by atoms with Crippen LogP contribution in [0.2, 0.25) is 0 Å². The van der Waals surface area contributed by atoms with Crippen molar-refractivity contribution in [2.75, 3.05) is 13.2 Å². The van der Waals surface area contributed by atoms with E-state index in [9.17, 15) is 24.4 Å². The number of hydrogen-bond donors (Lipinski definition) is 3. The van der Waals surface area contributed by atoms with Crippen LogP contribution < -0.4 is 10.1 Å². The van der Waals surface area contributed by atoms with Crippen LogP contribution in [0.25, 0.3) is 0 Å². The Morgan fingerprint density at radius 3 is 2.51 bits per heavy atom. The number of carboxylic acids is 1. The summed E-state index contributed by atoms with van der Waals surface area (Å²) in [6.45, 7) is 7.67. The highest BCUT2D eigenvalue weighted by Gasteiger charge is 2.23. The fourth-order valence-electron chi connectivity index (χ4n) is 4.02. The zero-order valence-electron chi connectivity index (χ0n) is 22.3. The number of rotatable bonds is 13. The third kappa shape index (κ3) is 8.31. The fraction of sp³-hybridized carbons (Fsp3) is 0.345. The number of carbonyl (C=O) groups is 1. The molecule has 0 radical (unpaired) electrons. The molecule has 3 aromatic carbocycles. The van der Waals surface area contributed by atoms with Crippen LogP contribution in [-0.4, -0.2) is 45.9 Å². The lowest BCUT2D eigenvalue weighted by Gasteiger charge is -2.28. The summed E-state index contributed by atoms with van der Waals surface area (Å²) < 4.78 is 25.6. The number of para-hydroxylation sites is 1. The van der Waals surface area contributed by atoms with Gasteiger partial charge in [-0.25, -0.2) is 9.18 Å². The van der Waals surface area contributed by atoms with Gasteiger partial charge in [-0.3, -0.25) is 10.1 Å². The van der Waals surface area contributed by atoms with Gasteiger partial charge >= 0.3 is 11.7 Å². The van der Waals surface area contributed by atoms with Gasteiger partial charge in [0.1, 0.15) is 11.6 Å². The number of nitro benzene ring substituents is 1. The SMILES string of the molecule is Cc1ccc(CC(C)(C)NC[C@@H](O)CO[C@H](C)c2ccccc2Oc2ccc(C(=O)O)cc2[N+](=O)[O-])cc1F. The van der Waals surface area contributed by atoms with Crippen LogP contribution in [0.4, 0.5) is 10.1 Å². The van der Waals surface area contributed by atoms with Crippen molar-refractivity contribution >= 4 is 11.7 Å². The second-order valence-corrected chi connectivity index (χ2v) is 10.0. The maximum atomic E-state index is 13.9. The molecular weight excluding hydrogens is 507 g/mol. The Morgan fingerprint density at radius 2 is 1.85 bits per heavy atom. The van der Waals surface area contributed by atoms with Gasteiger partial charge < -0.3 is 25.0 Å². The molecule has 0 aliphatic heterocycles. The van der Waals surface area contributed by atoms with Crippen LogP contribution in [0.1, 0.15) is 53.9 Å². The largest absolute Gasteiger partial charge is 0.478 e. The van der Waals surface area contributed by atoms with Crippen molar-refractivity contribution < 1.29 is 33.8 Å². The highest BCUT2D eigenvalue weighted by molar-refractivity contribution is 5.89. The van der Waals surface area contributed by atoms with Crippen molar-refractivity contribution in [1.82, 2.24) is 5.32 Å². The standard InChI is InChI=1S/C29H33FN2O7/c1-18-9-10-20(13-24(18)30)15-29(3,4)31-16-22(33)17-38-19(2)23-7-5-6-8-26(23)39-27-12-11-21(28(34)35)14-25(27)32(36)37/h5-14,19,22,31,33H,15-17H2,1-4H3,(H,34,35)/t19-,22-/m1/s1. The second kappa shape index (κ2) is 12.8.